The van der Waals surface area contributed by atoms with Crippen molar-refractivity contribution in [1.82, 2.24) is 13.9 Å². The average Bonchev–Trinajstić information content (AvgIpc) is 2.54. The second-order valence-corrected chi connectivity index (χ2v) is 10.3. The Morgan fingerprint density at radius 2 is 1.68 bits per heavy atom. The molecule has 0 unspecified atom stereocenters. The Balaban J connectivity index is 1.37. The molecule has 4 aliphatic carbocycles. The van der Waals surface area contributed by atoms with Crippen LogP contribution in [0.4, 0.5) is 0 Å². The van der Waals surface area contributed by atoms with Crippen molar-refractivity contribution in [1.29, 1.82) is 0 Å². The molecule has 25 heavy (non-hydrogen) atoms. The summed E-state index contributed by atoms with van der Waals surface area (Å²) in [6.07, 6.45) is 12.5. The Morgan fingerprint density at radius 3 is 2.28 bits per heavy atom. The van der Waals surface area contributed by atoms with E-state index in [2.05, 4.69) is 11.2 Å². The molecule has 1 amide bonds. The summed E-state index contributed by atoms with van der Waals surface area (Å²) in [5.74, 6) is 5.39. The predicted molar refractivity (Wildman–Crippen MR) is 98.4 cm³/mol. The van der Waals surface area contributed by atoms with Crippen molar-refractivity contribution in [3.63, 3.8) is 0 Å². The maximum atomic E-state index is 12.6. The first-order valence-electron chi connectivity index (χ1n) is 9.48. The van der Waals surface area contributed by atoms with Crippen molar-refractivity contribution in [3.05, 3.63) is 0 Å². The lowest BCUT2D eigenvalue weighted by atomic mass is 9.54. The zero-order valence-electron chi connectivity index (χ0n) is 14.6. The molecule has 0 aromatic carbocycles. The van der Waals surface area contributed by atoms with Crippen molar-refractivity contribution in [2.75, 3.05) is 26.2 Å². The van der Waals surface area contributed by atoms with E-state index in [-0.39, 0.29) is 25.0 Å². The molecular formula is C18H29N3O3S. The Labute approximate surface area is 151 Å². The third-order valence-corrected chi connectivity index (χ3v) is 8.66. The monoisotopic (exact) mass is 367 g/mol. The highest BCUT2D eigenvalue weighted by Crippen LogP contribution is 2.54. The highest BCUT2D eigenvalue weighted by molar-refractivity contribution is 8.20. The number of hydrogen-bond acceptors (Lipinski definition) is 5. The van der Waals surface area contributed by atoms with Crippen molar-refractivity contribution >= 4 is 16.9 Å². The fourth-order valence-electron chi connectivity index (χ4n) is 5.82. The molecule has 4 saturated carbocycles. The van der Waals surface area contributed by atoms with E-state index in [1.165, 1.54) is 40.7 Å². The lowest BCUT2D eigenvalue weighted by molar-refractivity contribution is -0.125. The first-order valence-corrected chi connectivity index (χ1v) is 10.9. The van der Waals surface area contributed by atoms with Crippen LogP contribution in [0.2, 0.25) is 0 Å². The van der Waals surface area contributed by atoms with Gasteiger partial charge in [0.2, 0.25) is 5.91 Å². The van der Waals surface area contributed by atoms with Crippen LogP contribution in [-0.4, -0.2) is 55.8 Å². The normalized spacial score (nSPS) is 41.2. The van der Waals surface area contributed by atoms with Crippen molar-refractivity contribution < 1.29 is 13.9 Å². The summed E-state index contributed by atoms with van der Waals surface area (Å²) < 4.78 is 24.0. The van der Waals surface area contributed by atoms with Crippen LogP contribution in [0.15, 0.2) is 0 Å². The Morgan fingerprint density at radius 1 is 1.08 bits per heavy atom. The van der Waals surface area contributed by atoms with Crippen LogP contribution in [0, 0.1) is 36.0 Å². The summed E-state index contributed by atoms with van der Waals surface area (Å²) >= 11 is 0. The summed E-state index contributed by atoms with van der Waals surface area (Å²) in [5.41, 5.74) is 0. The minimum atomic E-state index is -3.12. The molecule has 1 saturated heterocycles. The zero-order valence-corrected chi connectivity index (χ0v) is 15.5. The molecule has 0 aromatic heterocycles. The molecule has 3 N–H and O–H groups in total. The van der Waals surface area contributed by atoms with E-state index in [0.29, 0.717) is 24.9 Å². The van der Waals surface area contributed by atoms with Gasteiger partial charge in [-0.3, -0.25) is 13.9 Å². The minimum absolute atomic E-state index is 0.0339. The number of carbonyl (C=O) groups is 1. The van der Waals surface area contributed by atoms with Gasteiger partial charge < -0.3 is 5.32 Å². The second kappa shape index (κ2) is 6.75. The number of hydrogen-bond donors (Lipinski definition) is 3. The zero-order chi connectivity index (χ0) is 17.6. The van der Waals surface area contributed by atoms with Crippen molar-refractivity contribution in [2.24, 2.45) is 23.7 Å². The van der Waals surface area contributed by atoms with Crippen LogP contribution in [-0.2, 0) is 4.79 Å². The summed E-state index contributed by atoms with van der Waals surface area (Å²) in [6, 6.07) is 0.286. The smallest absolute Gasteiger partial charge is 0.236 e. The van der Waals surface area contributed by atoms with Gasteiger partial charge in [0.1, 0.15) is 0 Å². The van der Waals surface area contributed by atoms with E-state index < -0.39 is 11.0 Å². The Hall–Kier alpha value is -0.780. The van der Waals surface area contributed by atoms with Gasteiger partial charge in [0, 0.05) is 19.1 Å². The van der Waals surface area contributed by atoms with Crippen LogP contribution in [0.1, 0.15) is 38.5 Å². The Kier molecular flexibility index (Phi) is 4.76. The van der Waals surface area contributed by atoms with E-state index in [1.54, 1.807) is 0 Å². The maximum Gasteiger partial charge on any atom is 0.236 e. The van der Waals surface area contributed by atoms with Crippen LogP contribution in [0.3, 0.4) is 0 Å². The van der Waals surface area contributed by atoms with Gasteiger partial charge in [-0.1, -0.05) is 16.9 Å². The van der Waals surface area contributed by atoms with Gasteiger partial charge in [-0.2, -0.15) is 8.61 Å². The van der Waals surface area contributed by atoms with Gasteiger partial charge in [-0.15, -0.1) is 6.42 Å². The first-order chi connectivity index (χ1) is 12.0. The second-order valence-electron chi connectivity index (χ2n) is 8.30. The van der Waals surface area contributed by atoms with Gasteiger partial charge in [-0.05, 0) is 62.2 Å². The molecule has 4 bridgehead atoms. The lowest BCUT2D eigenvalue weighted by Crippen LogP contribution is -2.57. The van der Waals surface area contributed by atoms with Crippen LogP contribution < -0.4 is 5.32 Å². The van der Waals surface area contributed by atoms with Gasteiger partial charge in [0.25, 0.3) is 0 Å². The molecule has 0 aromatic rings. The lowest BCUT2D eigenvalue weighted by Gasteiger charge is -2.55. The molecule has 0 radical (unpaired) electrons. The molecule has 7 heteroatoms. The predicted octanol–water partition coefficient (Wildman–Crippen LogP) is 2.15. The van der Waals surface area contributed by atoms with Gasteiger partial charge >= 0.3 is 0 Å². The van der Waals surface area contributed by atoms with E-state index >= 15 is 0 Å². The number of carbonyl (C=O) groups excluding carboxylic acids is 1. The summed E-state index contributed by atoms with van der Waals surface area (Å²) in [5, 5.41) is 3.25. The van der Waals surface area contributed by atoms with Crippen molar-refractivity contribution in [3.8, 4) is 12.3 Å². The van der Waals surface area contributed by atoms with E-state index in [9.17, 15) is 13.9 Å². The summed E-state index contributed by atoms with van der Waals surface area (Å²) in [4.78, 5) is 12.6. The fourth-order valence-corrected chi connectivity index (χ4v) is 7.43. The molecule has 0 atom stereocenters. The van der Waals surface area contributed by atoms with Gasteiger partial charge in [0.05, 0.1) is 13.1 Å². The third-order valence-electron chi connectivity index (χ3n) is 6.65. The molecule has 5 aliphatic rings. The van der Waals surface area contributed by atoms with E-state index in [4.69, 9.17) is 6.42 Å². The Bertz CT molecular complexity index is 548. The summed E-state index contributed by atoms with van der Waals surface area (Å²) in [7, 11) is -3.12. The number of terminal acetylenes is 1. The third kappa shape index (κ3) is 3.31. The van der Waals surface area contributed by atoms with Crippen LogP contribution in [0.25, 0.3) is 0 Å². The van der Waals surface area contributed by atoms with Gasteiger partial charge in [-0.25, -0.2) is 0 Å². The number of amides is 1. The molecule has 6 nitrogen and oxygen atoms in total. The maximum absolute atomic E-state index is 12.6. The van der Waals surface area contributed by atoms with Crippen molar-refractivity contribution in [2.45, 2.75) is 44.6 Å². The highest BCUT2D eigenvalue weighted by atomic mass is 32.3. The standard InChI is InChI=1S/C18H29N3O3S/c1-2-4-20-5-3-6-21(25(20,23)24)12-17(22)19-18-15-8-13-7-14(10-15)11-16(18)9-13/h1,13-16,18,23-24H,3-12H2,(H,19,22). The quantitative estimate of drug-likeness (QED) is 0.664. The molecular weight excluding hydrogens is 338 g/mol. The number of nitrogens with zero attached hydrogens (tertiary/aromatic N) is 2. The topological polar surface area (TPSA) is 76.0 Å². The molecule has 1 aliphatic heterocycles. The molecule has 1 heterocycles. The molecule has 140 valence electrons. The molecule has 5 rings (SSSR count). The molecule has 5 fully saturated rings. The number of nitrogens with one attached hydrogen (secondary N) is 1. The average molecular weight is 368 g/mol. The largest absolute Gasteiger partial charge is 0.352 e. The molecule has 0 spiro atoms. The fraction of sp³-hybridized carbons (Fsp3) is 0.833. The van der Waals surface area contributed by atoms with E-state index in [0.717, 1.165) is 18.3 Å². The van der Waals surface area contributed by atoms with Gasteiger partial charge in [0.15, 0.2) is 0 Å². The van der Waals surface area contributed by atoms with Crippen LogP contribution >= 0.6 is 11.0 Å². The highest BCUT2D eigenvalue weighted by Gasteiger charge is 2.48. The SMILES string of the molecule is C#CCN1CCCN(CC(=O)NC2C3CC4CC(C3)CC2C4)S1(O)O. The van der Waals surface area contributed by atoms with E-state index in [1.807, 2.05) is 0 Å². The first kappa shape index (κ1) is 17.6. The minimum Gasteiger partial charge on any atom is -0.352 e. The number of rotatable bonds is 4. The summed E-state index contributed by atoms with van der Waals surface area (Å²) in [6.45, 7) is 1.29. The van der Waals surface area contributed by atoms with Crippen LogP contribution in [0.5, 0.6) is 0 Å².